The van der Waals surface area contributed by atoms with Crippen LogP contribution in [0.3, 0.4) is 0 Å². The van der Waals surface area contributed by atoms with Crippen LogP contribution in [0, 0.1) is 12.1 Å². The summed E-state index contributed by atoms with van der Waals surface area (Å²) in [4.78, 5) is 37.6. The molecule has 0 spiro atoms. The smallest absolute Gasteiger partial charge is 0.339 e. The van der Waals surface area contributed by atoms with Gasteiger partial charge in [0.25, 0.3) is 5.91 Å². The molecule has 1 N–H and O–H groups in total. The summed E-state index contributed by atoms with van der Waals surface area (Å²) in [7, 11) is 1.45. The molecule has 1 aromatic carbocycles. The number of hydrogen-bond acceptors (Lipinski definition) is 5. The fourth-order valence-corrected chi connectivity index (χ4v) is 2.27. The third-order valence-corrected chi connectivity index (χ3v) is 3.76. The Hall–Kier alpha value is -3.42. The van der Waals surface area contributed by atoms with Crippen molar-refractivity contribution >= 4 is 23.5 Å². The summed E-state index contributed by atoms with van der Waals surface area (Å²) < 4.78 is 5.63. The quantitative estimate of drug-likeness (QED) is 0.468. The summed E-state index contributed by atoms with van der Waals surface area (Å²) in [6.07, 6.45) is 1.24. The Morgan fingerprint density at radius 2 is 1.74 bits per heavy atom. The number of pyridine rings is 1. The monoisotopic (exact) mass is 371 g/mol. The Labute approximate surface area is 156 Å². The summed E-state index contributed by atoms with van der Waals surface area (Å²) in [5.74, 6) is -1.61. The molecule has 0 aliphatic heterocycles. The average Bonchev–Trinajstić information content (AvgIpc) is 2.63. The second-order valence-electron chi connectivity index (χ2n) is 6.10. The van der Waals surface area contributed by atoms with Crippen molar-refractivity contribution in [1.29, 1.82) is 0 Å². The lowest BCUT2D eigenvalue weighted by Crippen LogP contribution is -2.41. The number of anilines is 1. The van der Waals surface area contributed by atoms with Gasteiger partial charge in [-0.1, -0.05) is 17.7 Å². The number of rotatable bonds is 6. The zero-order valence-electron chi connectivity index (χ0n) is 15.3. The Kier molecular flexibility index (Phi) is 6.48. The number of ether oxygens (including phenoxy) is 1. The van der Waals surface area contributed by atoms with E-state index in [0.717, 1.165) is 18.0 Å². The van der Waals surface area contributed by atoms with Crippen LogP contribution < -0.4 is 10.0 Å². The highest BCUT2D eigenvalue weighted by atomic mass is 16.5. The number of aromatic nitrogens is 1. The first-order valence-electron chi connectivity index (χ1n) is 8.27. The van der Waals surface area contributed by atoms with Gasteiger partial charge in [-0.25, -0.2) is 4.79 Å². The van der Waals surface area contributed by atoms with Crippen molar-refractivity contribution in [2.75, 3.05) is 18.9 Å². The maximum absolute atomic E-state index is 12.3. The molecular formula is C19H21N3O5. The number of nitrogens with one attached hydrogen (secondary N) is 1. The Bertz CT molecular complexity index is 818. The second kappa shape index (κ2) is 8.79. The topological polar surface area (TPSA) is 103 Å². The third kappa shape index (κ3) is 5.81. The molecule has 0 bridgehead atoms. The fraction of sp³-hybridized carbons (Fsp3) is 0.263. The van der Waals surface area contributed by atoms with Crippen molar-refractivity contribution < 1.29 is 23.9 Å². The lowest BCUT2D eigenvalue weighted by atomic mass is 10.2. The molecule has 2 rings (SSSR count). The van der Waals surface area contributed by atoms with E-state index in [2.05, 4.69) is 5.32 Å². The first-order valence-corrected chi connectivity index (χ1v) is 8.27. The molecular weight excluding hydrogens is 350 g/mol. The first kappa shape index (κ1) is 19.9. The van der Waals surface area contributed by atoms with Crippen molar-refractivity contribution in [2.24, 2.45) is 0 Å². The van der Waals surface area contributed by atoms with Gasteiger partial charge >= 0.3 is 5.97 Å². The van der Waals surface area contributed by atoms with E-state index in [0.29, 0.717) is 10.4 Å². The van der Waals surface area contributed by atoms with E-state index in [1.54, 1.807) is 12.1 Å². The number of likely N-dealkylation sites (N-methyl/N-ethyl adjacent to an activating group) is 1. The van der Waals surface area contributed by atoms with Crippen molar-refractivity contribution in [1.82, 2.24) is 4.90 Å². The summed E-state index contributed by atoms with van der Waals surface area (Å²) in [6, 6.07) is 9.86. The highest BCUT2D eigenvalue weighted by Gasteiger charge is 2.23. The number of esters is 1. The number of aryl methyl sites for hydroxylation is 1. The predicted molar refractivity (Wildman–Crippen MR) is 97.7 cm³/mol. The average molecular weight is 371 g/mol. The first-order chi connectivity index (χ1) is 12.8. The number of benzene rings is 1. The maximum atomic E-state index is 12.3. The lowest BCUT2D eigenvalue weighted by molar-refractivity contribution is -0.605. The van der Waals surface area contributed by atoms with E-state index < -0.39 is 18.0 Å². The molecule has 1 heterocycles. The van der Waals surface area contributed by atoms with Crippen LogP contribution in [0.15, 0.2) is 48.8 Å². The van der Waals surface area contributed by atoms with Gasteiger partial charge in [-0.15, -0.1) is 0 Å². The van der Waals surface area contributed by atoms with Gasteiger partial charge in [0.05, 0.1) is 12.1 Å². The number of carbonyl (C=O) groups is 3. The Balaban J connectivity index is 1.87. The largest absolute Gasteiger partial charge is 0.619 e. The molecule has 0 fully saturated rings. The summed E-state index contributed by atoms with van der Waals surface area (Å²) in [5.41, 5.74) is 1.85. The van der Waals surface area contributed by atoms with Gasteiger partial charge in [0, 0.05) is 24.9 Å². The van der Waals surface area contributed by atoms with E-state index in [1.165, 1.54) is 31.0 Å². The molecule has 1 atom stereocenters. The van der Waals surface area contributed by atoms with Crippen LogP contribution in [0.4, 0.5) is 5.69 Å². The molecule has 27 heavy (non-hydrogen) atoms. The molecule has 142 valence electrons. The zero-order chi connectivity index (χ0) is 20.0. The zero-order valence-corrected chi connectivity index (χ0v) is 15.3. The molecule has 2 amide bonds. The van der Waals surface area contributed by atoms with E-state index in [1.807, 2.05) is 19.1 Å². The number of nitrogens with zero attached hydrogens (tertiary/aromatic N) is 2. The highest BCUT2D eigenvalue weighted by Crippen LogP contribution is 2.09. The van der Waals surface area contributed by atoms with Crippen LogP contribution in [0.2, 0.25) is 0 Å². The Morgan fingerprint density at radius 3 is 2.33 bits per heavy atom. The molecule has 8 heteroatoms. The minimum Gasteiger partial charge on any atom is -0.619 e. The molecule has 2 aromatic rings. The highest BCUT2D eigenvalue weighted by molar-refractivity contribution is 5.96. The second-order valence-corrected chi connectivity index (χ2v) is 6.10. The molecule has 0 saturated carbocycles. The Morgan fingerprint density at radius 1 is 1.15 bits per heavy atom. The number of amides is 2. The molecule has 1 aromatic heterocycles. The minimum atomic E-state index is -1.07. The van der Waals surface area contributed by atoms with Gasteiger partial charge in [0.15, 0.2) is 18.5 Å². The van der Waals surface area contributed by atoms with Crippen LogP contribution in [-0.4, -0.2) is 42.4 Å². The molecule has 0 aliphatic carbocycles. The third-order valence-electron chi connectivity index (χ3n) is 3.76. The van der Waals surface area contributed by atoms with Crippen molar-refractivity contribution in [2.45, 2.75) is 20.0 Å². The van der Waals surface area contributed by atoms with Gasteiger partial charge in [-0.2, -0.15) is 4.73 Å². The number of carbonyl (C=O) groups excluding carboxylic acids is 3. The van der Waals surface area contributed by atoms with E-state index in [9.17, 15) is 19.6 Å². The van der Waals surface area contributed by atoms with E-state index in [-0.39, 0.29) is 18.0 Å². The van der Waals surface area contributed by atoms with E-state index in [4.69, 9.17) is 4.74 Å². The summed E-state index contributed by atoms with van der Waals surface area (Å²) in [5, 5.41) is 13.7. The van der Waals surface area contributed by atoms with Gasteiger partial charge in [-0.05, 0) is 26.0 Å². The molecule has 8 nitrogen and oxygen atoms in total. The van der Waals surface area contributed by atoms with Gasteiger partial charge < -0.3 is 20.2 Å². The van der Waals surface area contributed by atoms with Crippen LogP contribution >= 0.6 is 0 Å². The van der Waals surface area contributed by atoms with Gasteiger partial charge in [-0.3, -0.25) is 9.59 Å². The lowest BCUT2D eigenvalue weighted by Gasteiger charge is -2.21. The van der Waals surface area contributed by atoms with Crippen LogP contribution in [-0.2, 0) is 14.3 Å². The van der Waals surface area contributed by atoms with Crippen molar-refractivity contribution in [3.8, 4) is 0 Å². The summed E-state index contributed by atoms with van der Waals surface area (Å²) >= 11 is 0. The van der Waals surface area contributed by atoms with Crippen LogP contribution in [0.1, 0.15) is 22.8 Å². The fourth-order valence-electron chi connectivity index (χ4n) is 2.27. The standard InChI is InChI=1S/C19H21N3O5/c1-13-4-6-16(7-5-13)20-17(23)12-21(3)18(24)14(2)27-19(25)15-8-10-22(26)11-9-15/h4-11,14H,12H2,1-3H3,(H,20,23)/t14-/m1/s1. The van der Waals surface area contributed by atoms with Gasteiger partial charge in [0.2, 0.25) is 5.91 Å². The SMILES string of the molecule is Cc1ccc(NC(=O)CN(C)C(=O)[C@@H](C)OC(=O)c2cc[n+]([O-])cc2)cc1. The normalized spacial score (nSPS) is 11.4. The minimum absolute atomic E-state index is 0.154. The predicted octanol–water partition coefficient (Wildman–Crippen LogP) is 1.27. The van der Waals surface area contributed by atoms with E-state index >= 15 is 0 Å². The van der Waals surface area contributed by atoms with Crippen LogP contribution in [0.25, 0.3) is 0 Å². The molecule has 0 saturated heterocycles. The maximum Gasteiger partial charge on any atom is 0.339 e. The molecule has 0 radical (unpaired) electrons. The van der Waals surface area contributed by atoms with Crippen LogP contribution in [0.5, 0.6) is 0 Å². The summed E-state index contributed by atoms with van der Waals surface area (Å²) in [6.45, 7) is 3.18. The van der Waals surface area contributed by atoms with Crippen molar-refractivity contribution in [3.63, 3.8) is 0 Å². The molecule has 0 aliphatic rings. The van der Waals surface area contributed by atoms with Gasteiger partial charge in [0.1, 0.15) is 0 Å². The number of hydrogen-bond donors (Lipinski definition) is 1. The molecule has 0 unspecified atom stereocenters. The van der Waals surface area contributed by atoms with Crippen molar-refractivity contribution in [3.05, 3.63) is 65.1 Å².